The summed E-state index contributed by atoms with van der Waals surface area (Å²) in [6.45, 7) is 9.35. The molecular formula is C28H34N4O4S. The van der Waals surface area contributed by atoms with E-state index in [4.69, 9.17) is 10.00 Å². The van der Waals surface area contributed by atoms with E-state index in [-0.39, 0.29) is 28.8 Å². The van der Waals surface area contributed by atoms with Crippen molar-refractivity contribution in [3.63, 3.8) is 0 Å². The second-order valence-electron chi connectivity index (χ2n) is 10.8. The predicted molar refractivity (Wildman–Crippen MR) is 141 cm³/mol. The molecule has 2 aromatic carbocycles. The molecule has 196 valence electrons. The van der Waals surface area contributed by atoms with Gasteiger partial charge in [-0.1, -0.05) is 18.2 Å². The molecule has 2 aromatic rings. The molecule has 2 saturated heterocycles. The minimum absolute atomic E-state index is 0.0827. The van der Waals surface area contributed by atoms with Crippen molar-refractivity contribution in [3.05, 3.63) is 59.7 Å². The maximum atomic E-state index is 13.1. The molecule has 2 fully saturated rings. The van der Waals surface area contributed by atoms with Gasteiger partial charge in [0.25, 0.3) is 0 Å². The molecule has 0 radical (unpaired) electrons. The summed E-state index contributed by atoms with van der Waals surface area (Å²) >= 11 is 0. The number of para-hydroxylation sites is 1. The van der Waals surface area contributed by atoms with Gasteiger partial charge in [0.2, 0.25) is 5.91 Å². The molecule has 5 rings (SSSR count). The van der Waals surface area contributed by atoms with E-state index in [1.165, 1.54) is 12.1 Å². The highest BCUT2D eigenvalue weighted by atomic mass is 32.2. The van der Waals surface area contributed by atoms with Crippen LogP contribution in [0.3, 0.4) is 0 Å². The van der Waals surface area contributed by atoms with Crippen LogP contribution >= 0.6 is 0 Å². The van der Waals surface area contributed by atoms with Crippen LogP contribution in [0.15, 0.2) is 53.4 Å². The van der Waals surface area contributed by atoms with Crippen LogP contribution in [0, 0.1) is 11.3 Å². The number of nitrogens with zero attached hydrogens (tertiary/aromatic N) is 4. The van der Waals surface area contributed by atoms with E-state index in [0.29, 0.717) is 25.1 Å². The summed E-state index contributed by atoms with van der Waals surface area (Å²) in [5.41, 5.74) is 2.07. The number of anilines is 1. The summed E-state index contributed by atoms with van der Waals surface area (Å²) in [5.74, 6) is 0.239. The lowest BCUT2D eigenvalue weighted by molar-refractivity contribution is -0.138. The van der Waals surface area contributed by atoms with E-state index in [1.807, 2.05) is 43.0 Å². The normalized spacial score (nSPS) is 23.6. The predicted octanol–water partition coefficient (Wildman–Crippen LogP) is 2.43. The first-order valence-corrected chi connectivity index (χ1v) is 14.6. The van der Waals surface area contributed by atoms with Crippen molar-refractivity contribution < 1.29 is 17.9 Å². The Hall–Kier alpha value is -2.77. The lowest BCUT2D eigenvalue weighted by Crippen LogP contribution is -2.60. The highest BCUT2D eigenvalue weighted by Gasteiger charge is 2.43. The molecule has 2 atom stereocenters. The molecule has 2 unspecified atom stereocenters. The van der Waals surface area contributed by atoms with Gasteiger partial charge in [-0.05, 0) is 62.7 Å². The molecule has 3 aliphatic rings. The largest absolute Gasteiger partial charge is 0.370 e. The van der Waals surface area contributed by atoms with Crippen LogP contribution in [0.4, 0.5) is 5.69 Å². The summed E-state index contributed by atoms with van der Waals surface area (Å²) < 4.78 is 31.5. The van der Waals surface area contributed by atoms with Gasteiger partial charge in [0, 0.05) is 45.0 Å². The van der Waals surface area contributed by atoms with Crippen molar-refractivity contribution in [1.29, 1.82) is 5.26 Å². The SMILES string of the molecule is CC1(C)C(=O)N(CCN2CC3CN(CCCS(=O)(=O)c4ccc(C#N)cc4)CC(C2)O3)c2ccccc21. The zero-order valence-corrected chi connectivity index (χ0v) is 22.3. The first kappa shape index (κ1) is 25.9. The van der Waals surface area contributed by atoms with Gasteiger partial charge in [-0.25, -0.2) is 8.42 Å². The summed E-state index contributed by atoms with van der Waals surface area (Å²) in [7, 11) is -3.37. The first-order chi connectivity index (χ1) is 17.7. The number of morpholine rings is 2. The van der Waals surface area contributed by atoms with E-state index in [9.17, 15) is 13.2 Å². The van der Waals surface area contributed by atoms with Gasteiger partial charge in [0.05, 0.1) is 39.9 Å². The Kier molecular flexibility index (Phi) is 7.12. The van der Waals surface area contributed by atoms with Crippen LogP contribution in [0.2, 0.25) is 0 Å². The lowest BCUT2D eigenvalue weighted by Gasteiger charge is -2.46. The van der Waals surface area contributed by atoms with Crippen LogP contribution in [0.25, 0.3) is 0 Å². The minimum Gasteiger partial charge on any atom is -0.370 e. The number of fused-ring (bicyclic) bond motifs is 3. The summed E-state index contributed by atoms with van der Waals surface area (Å²) in [6.07, 6.45) is 0.721. The van der Waals surface area contributed by atoms with Gasteiger partial charge in [-0.15, -0.1) is 0 Å². The molecule has 3 aliphatic heterocycles. The summed E-state index contributed by atoms with van der Waals surface area (Å²) in [6, 6.07) is 16.2. The highest BCUT2D eigenvalue weighted by molar-refractivity contribution is 7.91. The first-order valence-electron chi connectivity index (χ1n) is 12.9. The number of nitriles is 1. The fourth-order valence-corrected chi connectivity index (χ4v) is 7.12. The fraction of sp³-hybridized carbons (Fsp3) is 0.500. The molecule has 0 aliphatic carbocycles. The van der Waals surface area contributed by atoms with Crippen LogP contribution in [0.1, 0.15) is 31.4 Å². The Morgan fingerprint density at radius 3 is 2.22 bits per heavy atom. The third-order valence-corrected chi connectivity index (χ3v) is 9.57. The van der Waals surface area contributed by atoms with Crippen molar-refractivity contribution >= 4 is 21.4 Å². The van der Waals surface area contributed by atoms with Crippen molar-refractivity contribution in [1.82, 2.24) is 9.80 Å². The number of sulfone groups is 1. The topological polar surface area (TPSA) is 94.0 Å². The fourth-order valence-electron chi connectivity index (χ4n) is 5.82. The number of benzene rings is 2. The molecule has 9 heteroatoms. The van der Waals surface area contributed by atoms with Crippen molar-refractivity contribution in [3.8, 4) is 6.07 Å². The van der Waals surface area contributed by atoms with E-state index in [2.05, 4.69) is 15.9 Å². The van der Waals surface area contributed by atoms with Gasteiger partial charge in [-0.2, -0.15) is 5.26 Å². The molecule has 37 heavy (non-hydrogen) atoms. The summed E-state index contributed by atoms with van der Waals surface area (Å²) in [5, 5.41) is 8.91. The average molecular weight is 523 g/mol. The number of hydrogen-bond acceptors (Lipinski definition) is 7. The number of ether oxygens (including phenoxy) is 1. The number of carbonyl (C=O) groups excluding carboxylic acids is 1. The number of carbonyl (C=O) groups is 1. The Morgan fingerprint density at radius 1 is 0.946 bits per heavy atom. The Labute approximate surface area is 219 Å². The van der Waals surface area contributed by atoms with Crippen molar-refractivity contribution in [2.45, 2.75) is 42.8 Å². The molecule has 0 N–H and O–H groups in total. The standard InChI is InChI=1S/C28H34N4O4S/c1-28(2)25-6-3-4-7-26(25)32(27(28)33)14-13-31-19-22-17-30(18-23(20-31)36-22)12-5-15-37(34,35)24-10-8-21(16-29)9-11-24/h3-4,6-11,22-23H,5,12-15,17-20H2,1-2H3. The second kappa shape index (κ2) is 10.2. The molecule has 0 spiro atoms. The molecule has 0 saturated carbocycles. The van der Waals surface area contributed by atoms with Crippen LogP contribution < -0.4 is 4.90 Å². The van der Waals surface area contributed by atoms with E-state index < -0.39 is 15.3 Å². The van der Waals surface area contributed by atoms with Gasteiger partial charge in [0.1, 0.15) is 0 Å². The lowest BCUT2D eigenvalue weighted by atomic mass is 9.86. The molecule has 3 heterocycles. The monoisotopic (exact) mass is 522 g/mol. The maximum Gasteiger partial charge on any atom is 0.237 e. The van der Waals surface area contributed by atoms with Gasteiger partial charge in [0.15, 0.2) is 9.84 Å². The Balaban J connectivity index is 1.11. The molecule has 8 nitrogen and oxygen atoms in total. The third-order valence-electron chi connectivity index (χ3n) is 7.75. The molecule has 0 aromatic heterocycles. The quantitative estimate of drug-likeness (QED) is 0.526. The van der Waals surface area contributed by atoms with Crippen LogP contribution in [-0.2, 0) is 24.8 Å². The van der Waals surface area contributed by atoms with Gasteiger partial charge < -0.3 is 9.64 Å². The maximum absolute atomic E-state index is 13.1. The number of hydrogen-bond donors (Lipinski definition) is 0. The Morgan fingerprint density at radius 2 is 1.57 bits per heavy atom. The zero-order chi connectivity index (χ0) is 26.2. The molecule has 1 amide bonds. The number of amides is 1. The van der Waals surface area contributed by atoms with Crippen LogP contribution in [-0.4, -0.2) is 87.9 Å². The Bertz CT molecular complexity index is 1290. The van der Waals surface area contributed by atoms with Gasteiger partial charge >= 0.3 is 0 Å². The summed E-state index contributed by atoms with van der Waals surface area (Å²) in [4.78, 5) is 20.0. The highest BCUT2D eigenvalue weighted by Crippen LogP contribution is 2.41. The van der Waals surface area contributed by atoms with Crippen molar-refractivity contribution in [2.75, 3.05) is 56.5 Å². The average Bonchev–Trinajstić information content (AvgIpc) is 3.07. The van der Waals surface area contributed by atoms with E-state index in [1.54, 1.807) is 12.1 Å². The van der Waals surface area contributed by atoms with Gasteiger partial charge in [-0.3, -0.25) is 14.6 Å². The smallest absolute Gasteiger partial charge is 0.237 e. The van der Waals surface area contributed by atoms with Crippen molar-refractivity contribution in [2.24, 2.45) is 0 Å². The third kappa shape index (κ3) is 5.30. The number of rotatable bonds is 8. The van der Waals surface area contributed by atoms with Crippen LogP contribution in [0.5, 0.6) is 0 Å². The molecular weight excluding hydrogens is 488 g/mol. The second-order valence-corrected chi connectivity index (χ2v) is 12.9. The minimum atomic E-state index is -3.37. The molecule has 2 bridgehead atoms. The van der Waals surface area contributed by atoms with E-state index >= 15 is 0 Å². The van der Waals surface area contributed by atoms with E-state index in [0.717, 1.165) is 44.0 Å². The zero-order valence-electron chi connectivity index (χ0n) is 21.5.